The monoisotopic (exact) mass is 265 g/mol. The predicted octanol–water partition coefficient (Wildman–Crippen LogP) is 3.60. The summed E-state index contributed by atoms with van der Waals surface area (Å²) in [6, 6.07) is 5.94. The van der Waals surface area contributed by atoms with E-state index in [0.29, 0.717) is 17.5 Å². The van der Waals surface area contributed by atoms with Crippen LogP contribution in [0.1, 0.15) is 43.9 Å². The number of hydrogen-bond acceptors (Lipinski definition) is 2. The Bertz CT molecular complexity index is 419. The van der Waals surface area contributed by atoms with Crippen molar-refractivity contribution in [3.63, 3.8) is 0 Å². The first-order valence-electron chi connectivity index (χ1n) is 7.19. The van der Waals surface area contributed by atoms with E-state index >= 15 is 0 Å². The number of ether oxygens (including phenoxy) is 1. The molecular formula is C16H24FNO. The average Bonchev–Trinajstić information content (AvgIpc) is 2.40. The lowest BCUT2D eigenvalue weighted by atomic mass is 9.89. The summed E-state index contributed by atoms with van der Waals surface area (Å²) in [7, 11) is 0. The minimum atomic E-state index is -0.137. The minimum Gasteiger partial charge on any atom is -0.373 e. The molecule has 1 aromatic carbocycles. The van der Waals surface area contributed by atoms with Crippen LogP contribution in [0.15, 0.2) is 18.2 Å². The molecule has 0 aliphatic carbocycles. The first-order chi connectivity index (χ1) is 9.08. The second-order valence-electron chi connectivity index (χ2n) is 5.77. The van der Waals surface area contributed by atoms with E-state index in [2.05, 4.69) is 19.2 Å². The van der Waals surface area contributed by atoms with E-state index in [9.17, 15) is 4.39 Å². The highest BCUT2D eigenvalue weighted by Crippen LogP contribution is 2.33. The molecule has 1 aliphatic rings. The van der Waals surface area contributed by atoms with Crippen LogP contribution in [-0.2, 0) is 4.74 Å². The first kappa shape index (κ1) is 14.5. The summed E-state index contributed by atoms with van der Waals surface area (Å²) in [4.78, 5) is 0. The number of hydrogen-bond donors (Lipinski definition) is 1. The largest absolute Gasteiger partial charge is 0.373 e. The summed E-state index contributed by atoms with van der Waals surface area (Å²) in [6.07, 6.45) is 2.25. The number of benzene rings is 1. The van der Waals surface area contributed by atoms with Gasteiger partial charge in [-0.05, 0) is 37.0 Å². The van der Waals surface area contributed by atoms with E-state index in [4.69, 9.17) is 4.74 Å². The average molecular weight is 265 g/mol. The lowest BCUT2D eigenvalue weighted by molar-refractivity contribution is -0.0283. The van der Waals surface area contributed by atoms with E-state index in [1.165, 1.54) is 0 Å². The molecule has 0 aromatic heterocycles. The van der Waals surface area contributed by atoms with Gasteiger partial charge < -0.3 is 10.1 Å². The topological polar surface area (TPSA) is 21.3 Å². The Morgan fingerprint density at radius 1 is 1.42 bits per heavy atom. The van der Waals surface area contributed by atoms with Crippen molar-refractivity contribution in [3.05, 3.63) is 35.1 Å². The Balaban J connectivity index is 2.11. The molecular weight excluding hydrogens is 241 g/mol. The predicted molar refractivity (Wildman–Crippen MR) is 75.7 cm³/mol. The molecule has 0 saturated carbocycles. The lowest BCUT2D eigenvalue weighted by Crippen LogP contribution is -2.35. The molecule has 1 N–H and O–H groups in total. The summed E-state index contributed by atoms with van der Waals surface area (Å²) < 4.78 is 19.6. The third kappa shape index (κ3) is 3.77. The zero-order valence-corrected chi connectivity index (χ0v) is 12.1. The van der Waals surface area contributed by atoms with Crippen LogP contribution in [0.5, 0.6) is 0 Å². The molecule has 1 saturated heterocycles. The van der Waals surface area contributed by atoms with Crippen molar-refractivity contribution >= 4 is 0 Å². The molecule has 106 valence electrons. The Morgan fingerprint density at radius 2 is 2.21 bits per heavy atom. The molecule has 0 spiro atoms. The van der Waals surface area contributed by atoms with Crippen LogP contribution in [0.25, 0.3) is 0 Å². The maximum absolute atomic E-state index is 13.7. The third-order valence-electron chi connectivity index (χ3n) is 3.76. The minimum absolute atomic E-state index is 0.0232. The summed E-state index contributed by atoms with van der Waals surface area (Å²) in [6.45, 7) is 7.78. The molecule has 1 aliphatic heterocycles. The number of aryl methyl sites for hydroxylation is 1. The van der Waals surface area contributed by atoms with Crippen molar-refractivity contribution in [1.82, 2.24) is 5.32 Å². The van der Waals surface area contributed by atoms with Crippen molar-refractivity contribution in [2.75, 3.05) is 13.2 Å². The summed E-state index contributed by atoms with van der Waals surface area (Å²) in [5.41, 5.74) is 1.66. The van der Waals surface area contributed by atoms with Gasteiger partial charge in [0.1, 0.15) is 5.82 Å². The van der Waals surface area contributed by atoms with Crippen molar-refractivity contribution in [2.45, 2.75) is 45.8 Å². The van der Waals surface area contributed by atoms with Gasteiger partial charge in [0.2, 0.25) is 0 Å². The van der Waals surface area contributed by atoms with E-state index in [0.717, 1.165) is 31.6 Å². The lowest BCUT2D eigenvalue weighted by Gasteiger charge is -2.33. The van der Waals surface area contributed by atoms with E-state index in [1.54, 1.807) is 13.0 Å². The van der Waals surface area contributed by atoms with Crippen molar-refractivity contribution in [3.8, 4) is 0 Å². The zero-order chi connectivity index (χ0) is 13.8. The molecule has 0 amide bonds. The van der Waals surface area contributed by atoms with Gasteiger partial charge in [0.15, 0.2) is 0 Å². The molecule has 1 heterocycles. The smallest absolute Gasteiger partial charge is 0.126 e. The molecule has 2 atom stereocenters. The normalized spacial score (nSPS) is 23.8. The van der Waals surface area contributed by atoms with E-state index < -0.39 is 0 Å². The summed E-state index contributed by atoms with van der Waals surface area (Å²) in [5, 5.41) is 3.47. The molecule has 3 heteroatoms. The van der Waals surface area contributed by atoms with Gasteiger partial charge in [-0.2, -0.15) is 0 Å². The summed E-state index contributed by atoms with van der Waals surface area (Å²) >= 11 is 0. The fourth-order valence-corrected chi connectivity index (χ4v) is 2.59. The van der Waals surface area contributed by atoms with Crippen molar-refractivity contribution in [1.29, 1.82) is 0 Å². The highest BCUT2D eigenvalue weighted by atomic mass is 19.1. The first-order valence-corrected chi connectivity index (χ1v) is 7.19. The Morgan fingerprint density at radius 3 is 2.89 bits per heavy atom. The molecule has 1 aromatic rings. The number of nitrogens with one attached hydrogen (secondary N) is 1. The number of halogens is 1. The van der Waals surface area contributed by atoms with Gasteiger partial charge in [-0.15, -0.1) is 0 Å². The molecule has 1 fully saturated rings. The van der Waals surface area contributed by atoms with Crippen LogP contribution >= 0.6 is 0 Å². The maximum Gasteiger partial charge on any atom is 0.126 e. The van der Waals surface area contributed by atoms with Crippen LogP contribution in [0.4, 0.5) is 4.39 Å². The molecule has 2 rings (SSSR count). The van der Waals surface area contributed by atoms with Crippen molar-refractivity contribution < 1.29 is 9.13 Å². The van der Waals surface area contributed by atoms with E-state index in [-0.39, 0.29) is 11.9 Å². The van der Waals surface area contributed by atoms with Crippen LogP contribution in [0.2, 0.25) is 0 Å². The van der Waals surface area contributed by atoms with Gasteiger partial charge in [-0.1, -0.05) is 26.0 Å². The Hall–Kier alpha value is -0.930. The van der Waals surface area contributed by atoms with Crippen molar-refractivity contribution in [2.24, 2.45) is 5.92 Å². The molecule has 2 nitrogen and oxygen atoms in total. The molecule has 0 radical (unpaired) electrons. The fourth-order valence-electron chi connectivity index (χ4n) is 2.59. The fraction of sp³-hybridized carbons (Fsp3) is 0.625. The van der Waals surface area contributed by atoms with Gasteiger partial charge in [0.25, 0.3) is 0 Å². The maximum atomic E-state index is 13.7. The Kier molecular flexibility index (Phi) is 4.94. The van der Waals surface area contributed by atoms with Crippen LogP contribution in [-0.4, -0.2) is 19.2 Å². The second-order valence-corrected chi connectivity index (χ2v) is 5.77. The molecule has 19 heavy (non-hydrogen) atoms. The van der Waals surface area contributed by atoms with Crippen LogP contribution < -0.4 is 5.32 Å². The Labute approximate surface area is 115 Å². The van der Waals surface area contributed by atoms with Crippen LogP contribution in [0.3, 0.4) is 0 Å². The van der Waals surface area contributed by atoms with Gasteiger partial charge in [0.05, 0.1) is 6.10 Å². The highest BCUT2D eigenvalue weighted by molar-refractivity contribution is 5.25. The van der Waals surface area contributed by atoms with Gasteiger partial charge in [0, 0.05) is 25.1 Å². The quantitative estimate of drug-likeness (QED) is 0.898. The van der Waals surface area contributed by atoms with Gasteiger partial charge in [-0.3, -0.25) is 0 Å². The van der Waals surface area contributed by atoms with Crippen LogP contribution in [0, 0.1) is 18.7 Å². The zero-order valence-electron chi connectivity index (χ0n) is 12.1. The van der Waals surface area contributed by atoms with Gasteiger partial charge >= 0.3 is 0 Å². The summed E-state index contributed by atoms with van der Waals surface area (Å²) in [5.74, 6) is 0.292. The molecule has 0 bridgehead atoms. The second kappa shape index (κ2) is 6.49. The van der Waals surface area contributed by atoms with E-state index in [1.807, 2.05) is 12.1 Å². The number of rotatable bonds is 4. The molecule has 2 unspecified atom stereocenters. The SMILES string of the molecule is Cc1ccc(C2OCCCC2CNC(C)C)cc1F. The third-order valence-corrected chi connectivity index (χ3v) is 3.76. The standard InChI is InChI=1S/C16H24FNO/c1-11(2)18-10-14-5-4-8-19-16(14)13-7-6-12(3)15(17)9-13/h6-7,9,11,14,16,18H,4-5,8,10H2,1-3H3. The highest BCUT2D eigenvalue weighted by Gasteiger charge is 2.27. The van der Waals surface area contributed by atoms with Gasteiger partial charge in [-0.25, -0.2) is 4.39 Å².